The van der Waals surface area contributed by atoms with Gasteiger partial charge in [0.2, 0.25) is 11.9 Å². The number of aromatic nitrogens is 2. The first-order chi connectivity index (χ1) is 14.0. The Bertz CT molecular complexity index is 912. The van der Waals surface area contributed by atoms with E-state index in [1.807, 2.05) is 6.07 Å². The van der Waals surface area contributed by atoms with Crippen molar-refractivity contribution in [3.63, 3.8) is 0 Å². The van der Waals surface area contributed by atoms with Crippen LogP contribution in [0.4, 0.5) is 28.8 Å². The molecule has 0 radical (unpaired) electrons. The van der Waals surface area contributed by atoms with Gasteiger partial charge in [-0.05, 0) is 31.4 Å². The summed E-state index contributed by atoms with van der Waals surface area (Å²) in [5.74, 6) is 2.01. The van der Waals surface area contributed by atoms with Gasteiger partial charge in [-0.2, -0.15) is 4.98 Å². The second kappa shape index (κ2) is 7.77. The van der Waals surface area contributed by atoms with Gasteiger partial charge in [-0.15, -0.1) is 0 Å². The van der Waals surface area contributed by atoms with Gasteiger partial charge >= 0.3 is 0 Å². The molecular formula is C21H28N6O2. The van der Waals surface area contributed by atoms with E-state index in [0.717, 1.165) is 36.5 Å². The van der Waals surface area contributed by atoms with Gasteiger partial charge in [-0.3, -0.25) is 4.79 Å². The number of nitrogens with zero attached hydrogens (tertiary/aromatic N) is 4. The first-order valence-electron chi connectivity index (χ1n) is 10.2. The molecule has 0 spiro atoms. The molecule has 29 heavy (non-hydrogen) atoms. The third-order valence-corrected chi connectivity index (χ3v) is 5.88. The number of methoxy groups -OCH3 is 1. The lowest BCUT2D eigenvalue weighted by molar-refractivity contribution is -0.120. The van der Waals surface area contributed by atoms with Crippen LogP contribution in [0.5, 0.6) is 5.75 Å². The number of nitrogen functional groups attached to an aromatic ring is 1. The maximum atomic E-state index is 13.0. The van der Waals surface area contributed by atoms with Crippen molar-refractivity contribution in [1.82, 2.24) is 9.97 Å². The van der Waals surface area contributed by atoms with E-state index < -0.39 is 0 Å². The molecular weight excluding hydrogens is 368 g/mol. The first-order valence-corrected chi connectivity index (χ1v) is 10.2. The van der Waals surface area contributed by atoms with E-state index in [1.165, 1.54) is 12.8 Å². The quantitative estimate of drug-likeness (QED) is 0.748. The highest BCUT2D eigenvalue weighted by Crippen LogP contribution is 2.40. The molecule has 2 heterocycles. The lowest BCUT2D eigenvalue weighted by Crippen LogP contribution is -2.55. The number of carbonyl (C=O) groups is 1. The second-order valence-corrected chi connectivity index (χ2v) is 7.65. The summed E-state index contributed by atoms with van der Waals surface area (Å²) in [6, 6.07) is 5.55. The van der Waals surface area contributed by atoms with Crippen LogP contribution in [0.1, 0.15) is 39.0 Å². The predicted molar refractivity (Wildman–Crippen MR) is 115 cm³/mol. The molecule has 1 aliphatic carbocycles. The minimum Gasteiger partial charge on any atom is -0.494 e. The Morgan fingerprint density at radius 3 is 2.76 bits per heavy atom. The van der Waals surface area contributed by atoms with Crippen LogP contribution >= 0.6 is 0 Å². The summed E-state index contributed by atoms with van der Waals surface area (Å²) in [6.07, 6.45) is 7.03. The molecule has 2 aliphatic rings. The van der Waals surface area contributed by atoms with Gasteiger partial charge in [0.1, 0.15) is 17.5 Å². The highest BCUT2D eigenvalue weighted by atomic mass is 16.5. The minimum atomic E-state index is -0.190. The second-order valence-electron chi connectivity index (χ2n) is 7.65. The molecule has 3 N–H and O–H groups in total. The van der Waals surface area contributed by atoms with Crippen LogP contribution in [-0.2, 0) is 4.79 Å². The molecule has 2 aromatic rings. The number of fused-ring (bicyclic) bond motifs is 1. The number of amides is 1. The van der Waals surface area contributed by atoms with E-state index in [9.17, 15) is 4.79 Å². The van der Waals surface area contributed by atoms with Gasteiger partial charge < -0.3 is 25.6 Å². The largest absolute Gasteiger partial charge is 0.494 e. The van der Waals surface area contributed by atoms with Crippen LogP contribution in [0, 0.1) is 0 Å². The third-order valence-electron chi connectivity index (χ3n) is 5.88. The first kappa shape index (κ1) is 19.3. The smallest absolute Gasteiger partial charge is 0.249 e. The molecule has 8 nitrogen and oxygen atoms in total. The zero-order chi connectivity index (χ0) is 20.5. The van der Waals surface area contributed by atoms with E-state index in [-0.39, 0.29) is 11.9 Å². The molecule has 1 aliphatic heterocycles. The fourth-order valence-electron chi connectivity index (χ4n) is 4.37. The number of rotatable bonds is 5. The maximum absolute atomic E-state index is 13.0. The van der Waals surface area contributed by atoms with E-state index in [1.54, 1.807) is 37.4 Å². The van der Waals surface area contributed by atoms with Crippen molar-refractivity contribution in [3.8, 4) is 5.75 Å². The van der Waals surface area contributed by atoms with Gasteiger partial charge in [-0.1, -0.05) is 19.8 Å². The predicted octanol–water partition coefficient (Wildman–Crippen LogP) is 3.32. The van der Waals surface area contributed by atoms with E-state index in [0.29, 0.717) is 23.4 Å². The molecule has 4 rings (SSSR count). The van der Waals surface area contributed by atoms with Crippen LogP contribution in [0.3, 0.4) is 0 Å². The zero-order valence-corrected chi connectivity index (χ0v) is 17.2. The van der Waals surface area contributed by atoms with Gasteiger partial charge in [0.15, 0.2) is 5.82 Å². The van der Waals surface area contributed by atoms with Crippen molar-refractivity contribution in [2.75, 3.05) is 35.0 Å². The molecule has 0 bridgehead atoms. The number of benzene rings is 1. The third kappa shape index (κ3) is 3.43. The van der Waals surface area contributed by atoms with Crippen molar-refractivity contribution in [2.24, 2.45) is 0 Å². The Morgan fingerprint density at radius 2 is 2.07 bits per heavy atom. The molecule has 1 saturated carbocycles. The molecule has 1 fully saturated rings. The molecule has 154 valence electrons. The minimum absolute atomic E-state index is 0.108. The van der Waals surface area contributed by atoms with Crippen molar-refractivity contribution in [1.29, 1.82) is 0 Å². The summed E-state index contributed by atoms with van der Waals surface area (Å²) in [6.45, 7) is 2.06. The monoisotopic (exact) mass is 396 g/mol. The SMILES string of the molecule is CCC1C(=O)N(C)c2cnc(Nc3ccc(N)cc3OC)nc2N1C1CCCC1. The van der Waals surface area contributed by atoms with Crippen LogP contribution < -0.4 is 25.6 Å². The van der Waals surface area contributed by atoms with Crippen molar-refractivity contribution in [2.45, 2.75) is 51.1 Å². The van der Waals surface area contributed by atoms with Crippen LogP contribution in [0.15, 0.2) is 24.4 Å². The summed E-state index contributed by atoms with van der Waals surface area (Å²) in [5.41, 5.74) is 7.96. The average molecular weight is 396 g/mol. The van der Waals surface area contributed by atoms with Crippen molar-refractivity contribution in [3.05, 3.63) is 24.4 Å². The number of hydrogen-bond acceptors (Lipinski definition) is 7. The number of carbonyl (C=O) groups excluding carboxylic acids is 1. The van der Waals surface area contributed by atoms with Crippen molar-refractivity contribution < 1.29 is 9.53 Å². The standard InChI is InChI=1S/C21H28N6O2/c1-4-16-20(28)26(2)17-12-23-21(24-15-10-9-13(22)11-18(15)29-3)25-19(17)27(16)14-7-5-6-8-14/h9-12,14,16H,4-8,22H2,1-3H3,(H,23,24,25). The lowest BCUT2D eigenvalue weighted by atomic mass is 10.0. The summed E-state index contributed by atoms with van der Waals surface area (Å²) in [5, 5.41) is 3.24. The van der Waals surface area contributed by atoms with E-state index >= 15 is 0 Å². The Labute approximate surface area is 171 Å². The Morgan fingerprint density at radius 1 is 1.31 bits per heavy atom. The highest BCUT2D eigenvalue weighted by molar-refractivity contribution is 6.04. The molecule has 1 aromatic carbocycles. The zero-order valence-electron chi connectivity index (χ0n) is 17.2. The Balaban J connectivity index is 1.74. The average Bonchev–Trinajstić information content (AvgIpc) is 3.26. The van der Waals surface area contributed by atoms with Gasteiger partial charge in [0, 0.05) is 24.8 Å². The normalized spacial score (nSPS) is 19.4. The number of nitrogens with one attached hydrogen (secondary N) is 1. The summed E-state index contributed by atoms with van der Waals surface area (Å²) < 4.78 is 5.42. The van der Waals surface area contributed by atoms with E-state index in [4.69, 9.17) is 15.5 Å². The number of anilines is 5. The molecule has 1 unspecified atom stereocenters. The number of nitrogens with two attached hydrogens (primary N) is 1. The number of ether oxygens (including phenoxy) is 1. The fourth-order valence-corrected chi connectivity index (χ4v) is 4.37. The lowest BCUT2D eigenvalue weighted by Gasteiger charge is -2.43. The van der Waals surface area contributed by atoms with Gasteiger partial charge in [0.05, 0.1) is 19.0 Å². The number of likely N-dealkylation sites (N-methyl/N-ethyl adjacent to an activating group) is 1. The topological polar surface area (TPSA) is 96.6 Å². The summed E-state index contributed by atoms with van der Waals surface area (Å²) in [4.78, 5) is 26.2. The molecule has 1 atom stereocenters. The highest BCUT2D eigenvalue weighted by Gasteiger charge is 2.41. The van der Waals surface area contributed by atoms with E-state index in [2.05, 4.69) is 22.1 Å². The maximum Gasteiger partial charge on any atom is 0.249 e. The molecule has 0 saturated heterocycles. The van der Waals surface area contributed by atoms with Crippen LogP contribution in [0.25, 0.3) is 0 Å². The Kier molecular flexibility index (Phi) is 5.17. The molecule has 1 amide bonds. The van der Waals surface area contributed by atoms with Crippen LogP contribution in [0.2, 0.25) is 0 Å². The molecule has 8 heteroatoms. The van der Waals surface area contributed by atoms with Crippen molar-refractivity contribution >= 4 is 34.7 Å². The number of hydrogen-bond donors (Lipinski definition) is 2. The Hall–Kier alpha value is -3.03. The van der Waals surface area contributed by atoms with Crippen LogP contribution in [-0.4, -0.2) is 42.1 Å². The summed E-state index contributed by atoms with van der Waals surface area (Å²) in [7, 11) is 3.40. The fraction of sp³-hybridized carbons (Fsp3) is 0.476. The van der Waals surface area contributed by atoms with Gasteiger partial charge in [-0.25, -0.2) is 4.98 Å². The molecule has 1 aromatic heterocycles. The summed E-state index contributed by atoms with van der Waals surface area (Å²) >= 11 is 0. The van der Waals surface area contributed by atoms with Gasteiger partial charge in [0.25, 0.3) is 0 Å².